The fourth-order valence-corrected chi connectivity index (χ4v) is 2.10. The normalized spacial score (nSPS) is 20.4. The number of aryl methyl sites for hydroxylation is 1. The predicted octanol–water partition coefficient (Wildman–Crippen LogP) is 1.12. The Kier molecular flexibility index (Phi) is 4.36. The lowest BCUT2D eigenvalue weighted by atomic mass is 10.2. The molecule has 4 nitrogen and oxygen atoms in total. The standard InChI is InChI=1S/C12H21N3O/c1-15-9-8-14-12(15)5-7-13-6-4-11-3-2-10-16-11/h8-9,11,13H,2-7,10H2,1H3. The van der Waals surface area contributed by atoms with Crippen molar-refractivity contribution in [1.82, 2.24) is 14.9 Å². The second-order valence-corrected chi connectivity index (χ2v) is 4.38. The van der Waals surface area contributed by atoms with Gasteiger partial charge in [0.25, 0.3) is 0 Å². The molecule has 1 aromatic rings. The number of rotatable bonds is 6. The molecule has 0 aliphatic carbocycles. The minimum absolute atomic E-state index is 0.501. The quantitative estimate of drug-likeness (QED) is 0.735. The Morgan fingerprint density at radius 1 is 1.56 bits per heavy atom. The minimum Gasteiger partial charge on any atom is -0.378 e. The SMILES string of the molecule is Cn1ccnc1CCNCCC1CCCO1. The van der Waals surface area contributed by atoms with Gasteiger partial charge in [-0.15, -0.1) is 0 Å². The zero-order valence-corrected chi connectivity index (χ0v) is 9.98. The Morgan fingerprint density at radius 3 is 3.19 bits per heavy atom. The summed E-state index contributed by atoms with van der Waals surface area (Å²) in [6.45, 7) is 3.00. The van der Waals surface area contributed by atoms with Crippen LogP contribution < -0.4 is 5.32 Å². The first kappa shape index (κ1) is 11.6. The van der Waals surface area contributed by atoms with E-state index in [0.29, 0.717) is 6.10 Å². The third-order valence-corrected chi connectivity index (χ3v) is 3.11. The van der Waals surface area contributed by atoms with Gasteiger partial charge >= 0.3 is 0 Å². The molecule has 90 valence electrons. The molecule has 0 spiro atoms. The maximum atomic E-state index is 5.57. The zero-order valence-electron chi connectivity index (χ0n) is 9.98. The predicted molar refractivity (Wildman–Crippen MR) is 63.4 cm³/mol. The van der Waals surface area contributed by atoms with Crippen molar-refractivity contribution in [2.45, 2.75) is 31.8 Å². The summed E-state index contributed by atoms with van der Waals surface area (Å²) in [5.74, 6) is 1.14. The van der Waals surface area contributed by atoms with Crippen molar-refractivity contribution in [2.75, 3.05) is 19.7 Å². The van der Waals surface area contributed by atoms with Crippen LogP contribution in [-0.4, -0.2) is 35.4 Å². The van der Waals surface area contributed by atoms with E-state index in [-0.39, 0.29) is 0 Å². The second kappa shape index (κ2) is 6.01. The molecule has 1 aromatic heterocycles. The summed E-state index contributed by atoms with van der Waals surface area (Å²) in [5.41, 5.74) is 0. The van der Waals surface area contributed by atoms with Crippen molar-refractivity contribution >= 4 is 0 Å². The van der Waals surface area contributed by atoms with Gasteiger partial charge in [-0.3, -0.25) is 0 Å². The molecule has 1 fully saturated rings. The van der Waals surface area contributed by atoms with E-state index >= 15 is 0 Å². The lowest BCUT2D eigenvalue weighted by Crippen LogP contribution is -2.23. The van der Waals surface area contributed by atoms with Gasteiger partial charge in [0.05, 0.1) is 6.10 Å². The molecule has 1 N–H and O–H groups in total. The molecule has 1 aliphatic rings. The van der Waals surface area contributed by atoms with E-state index in [1.807, 2.05) is 19.4 Å². The number of ether oxygens (including phenoxy) is 1. The smallest absolute Gasteiger partial charge is 0.109 e. The third kappa shape index (κ3) is 3.32. The Balaban J connectivity index is 1.53. The summed E-state index contributed by atoms with van der Waals surface area (Å²) < 4.78 is 7.64. The molecule has 0 aromatic carbocycles. The van der Waals surface area contributed by atoms with Gasteiger partial charge in [0.2, 0.25) is 0 Å². The lowest BCUT2D eigenvalue weighted by molar-refractivity contribution is 0.104. The fourth-order valence-electron chi connectivity index (χ4n) is 2.10. The number of hydrogen-bond donors (Lipinski definition) is 1. The molecule has 2 rings (SSSR count). The molecule has 1 aliphatic heterocycles. The molecule has 1 atom stereocenters. The Bertz CT molecular complexity index is 305. The summed E-state index contributed by atoms with van der Waals surface area (Å²) in [7, 11) is 2.04. The average molecular weight is 223 g/mol. The highest BCUT2D eigenvalue weighted by Gasteiger charge is 2.14. The number of aromatic nitrogens is 2. The van der Waals surface area contributed by atoms with E-state index in [2.05, 4.69) is 14.9 Å². The summed E-state index contributed by atoms with van der Waals surface area (Å²) in [4.78, 5) is 4.29. The summed E-state index contributed by atoms with van der Waals surface area (Å²) in [6.07, 6.45) is 8.94. The highest BCUT2D eigenvalue weighted by Crippen LogP contribution is 2.14. The molecule has 0 bridgehead atoms. The maximum absolute atomic E-state index is 5.57. The lowest BCUT2D eigenvalue weighted by Gasteiger charge is -2.09. The van der Waals surface area contributed by atoms with Gasteiger partial charge in [0, 0.05) is 39.0 Å². The first-order chi connectivity index (χ1) is 7.86. The van der Waals surface area contributed by atoms with Gasteiger partial charge in [-0.2, -0.15) is 0 Å². The highest BCUT2D eigenvalue weighted by atomic mass is 16.5. The van der Waals surface area contributed by atoms with Crippen molar-refractivity contribution in [2.24, 2.45) is 7.05 Å². The van der Waals surface area contributed by atoms with Gasteiger partial charge in [0.15, 0.2) is 0 Å². The monoisotopic (exact) mass is 223 g/mol. The van der Waals surface area contributed by atoms with Crippen molar-refractivity contribution in [3.05, 3.63) is 18.2 Å². The van der Waals surface area contributed by atoms with Crippen LogP contribution in [0.5, 0.6) is 0 Å². The van der Waals surface area contributed by atoms with E-state index < -0.39 is 0 Å². The van der Waals surface area contributed by atoms with E-state index in [0.717, 1.165) is 38.4 Å². The van der Waals surface area contributed by atoms with Gasteiger partial charge in [-0.25, -0.2) is 4.98 Å². The Morgan fingerprint density at radius 2 is 2.50 bits per heavy atom. The Hall–Kier alpha value is -0.870. The number of imidazole rings is 1. The number of nitrogens with one attached hydrogen (secondary N) is 1. The molecule has 0 amide bonds. The van der Waals surface area contributed by atoms with Crippen LogP contribution in [0, 0.1) is 0 Å². The number of hydrogen-bond acceptors (Lipinski definition) is 3. The fraction of sp³-hybridized carbons (Fsp3) is 0.750. The first-order valence-corrected chi connectivity index (χ1v) is 6.15. The molecule has 0 radical (unpaired) electrons. The highest BCUT2D eigenvalue weighted by molar-refractivity contribution is 4.91. The molecular formula is C12H21N3O. The zero-order chi connectivity index (χ0) is 11.2. The van der Waals surface area contributed by atoms with E-state index in [1.54, 1.807) is 0 Å². The van der Waals surface area contributed by atoms with Crippen LogP contribution in [0.4, 0.5) is 0 Å². The third-order valence-electron chi connectivity index (χ3n) is 3.11. The first-order valence-electron chi connectivity index (χ1n) is 6.15. The van der Waals surface area contributed by atoms with Crippen LogP contribution in [0.1, 0.15) is 25.1 Å². The van der Waals surface area contributed by atoms with Crippen LogP contribution in [0.2, 0.25) is 0 Å². The van der Waals surface area contributed by atoms with Gasteiger partial charge in [-0.05, 0) is 25.8 Å². The van der Waals surface area contributed by atoms with Crippen molar-refractivity contribution in [3.8, 4) is 0 Å². The summed E-state index contributed by atoms with van der Waals surface area (Å²) >= 11 is 0. The van der Waals surface area contributed by atoms with E-state index in [9.17, 15) is 0 Å². The summed E-state index contributed by atoms with van der Waals surface area (Å²) in [5, 5.41) is 3.44. The van der Waals surface area contributed by atoms with E-state index in [1.165, 1.54) is 12.8 Å². The van der Waals surface area contributed by atoms with Crippen molar-refractivity contribution in [3.63, 3.8) is 0 Å². The van der Waals surface area contributed by atoms with Gasteiger partial charge in [-0.1, -0.05) is 0 Å². The van der Waals surface area contributed by atoms with Crippen molar-refractivity contribution < 1.29 is 4.74 Å². The minimum atomic E-state index is 0.501. The van der Waals surface area contributed by atoms with Gasteiger partial charge < -0.3 is 14.6 Å². The molecular weight excluding hydrogens is 202 g/mol. The van der Waals surface area contributed by atoms with E-state index in [4.69, 9.17) is 4.74 Å². The van der Waals surface area contributed by atoms with Crippen LogP contribution in [0.3, 0.4) is 0 Å². The summed E-state index contributed by atoms with van der Waals surface area (Å²) in [6, 6.07) is 0. The van der Waals surface area contributed by atoms with Crippen LogP contribution in [0.15, 0.2) is 12.4 Å². The van der Waals surface area contributed by atoms with Crippen LogP contribution >= 0.6 is 0 Å². The van der Waals surface area contributed by atoms with Gasteiger partial charge in [0.1, 0.15) is 5.82 Å². The maximum Gasteiger partial charge on any atom is 0.109 e. The molecule has 4 heteroatoms. The molecule has 2 heterocycles. The largest absolute Gasteiger partial charge is 0.378 e. The average Bonchev–Trinajstić information content (AvgIpc) is 2.90. The molecule has 1 saturated heterocycles. The topological polar surface area (TPSA) is 39.1 Å². The Labute approximate surface area is 97.0 Å². The van der Waals surface area contributed by atoms with Crippen LogP contribution in [-0.2, 0) is 18.2 Å². The number of nitrogens with zero attached hydrogens (tertiary/aromatic N) is 2. The van der Waals surface area contributed by atoms with Crippen molar-refractivity contribution in [1.29, 1.82) is 0 Å². The molecule has 16 heavy (non-hydrogen) atoms. The second-order valence-electron chi connectivity index (χ2n) is 4.38. The van der Waals surface area contributed by atoms with Crippen LogP contribution in [0.25, 0.3) is 0 Å². The molecule has 0 saturated carbocycles. The molecule has 1 unspecified atom stereocenters.